The van der Waals surface area contributed by atoms with Crippen LogP contribution >= 0.6 is 0 Å². The van der Waals surface area contributed by atoms with E-state index in [9.17, 15) is 4.79 Å². The number of likely N-dealkylation sites (N-methyl/N-ethyl adjacent to an activating group) is 1. The lowest BCUT2D eigenvalue weighted by molar-refractivity contribution is -0.135. The van der Waals surface area contributed by atoms with E-state index in [0.717, 1.165) is 26.2 Å². The molecule has 0 aromatic heterocycles. The second kappa shape index (κ2) is 6.37. The fourth-order valence-electron chi connectivity index (χ4n) is 2.67. The van der Waals surface area contributed by atoms with Gasteiger partial charge in [-0.15, -0.1) is 0 Å². The summed E-state index contributed by atoms with van der Waals surface area (Å²) in [6.07, 6.45) is 0. The molecule has 1 aliphatic heterocycles. The van der Waals surface area contributed by atoms with E-state index in [0.29, 0.717) is 0 Å². The van der Waals surface area contributed by atoms with Crippen molar-refractivity contribution in [1.82, 2.24) is 15.1 Å². The lowest BCUT2D eigenvalue weighted by Gasteiger charge is -2.36. The van der Waals surface area contributed by atoms with E-state index in [4.69, 9.17) is 0 Å². The van der Waals surface area contributed by atoms with Crippen LogP contribution in [0.1, 0.15) is 16.7 Å². The molecule has 1 fully saturated rings. The molecular formula is C16H25N3O. The number of amides is 1. The maximum absolute atomic E-state index is 12.3. The van der Waals surface area contributed by atoms with E-state index >= 15 is 0 Å². The van der Waals surface area contributed by atoms with Gasteiger partial charge in [0.2, 0.25) is 5.91 Å². The maximum Gasteiger partial charge on any atom is 0.240 e. The minimum atomic E-state index is -0.0568. The Balaban J connectivity index is 2.16. The fourth-order valence-corrected chi connectivity index (χ4v) is 2.67. The van der Waals surface area contributed by atoms with Crippen LogP contribution < -0.4 is 5.32 Å². The van der Waals surface area contributed by atoms with E-state index < -0.39 is 0 Å². The molecule has 0 radical (unpaired) electrons. The molecule has 2 rings (SSSR count). The smallest absolute Gasteiger partial charge is 0.240 e. The van der Waals surface area contributed by atoms with E-state index in [1.165, 1.54) is 16.7 Å². The summed E-state index contributed by atoms with van der Waals surface area (Å²) in [4.78, 5) is 16.3. The lowest BCUT2D eigenvalue weighted by Crippen LogP contribution is -2.57. The number of nitrogens with one attached hydrogen (secondary N) is 1. The minimum Gasteiger partial charge on any atom is -0.347 e. The molecular weight excluding hydrogens is 250 g/mol. The van der Waals surface area contributed by atoms with E-state index in [2.05, 4.69) is 42.3 Å². The van der Waals surface area contributed by atoms with Crippen LogP contribution in [0.3, 0.4) is 0 Å². The monoisotopic (exact) mass is 275 g/mol. The molecule has 0 aliphatic carbocycles. The molecule has 0 bridgehead atoms. The summed E-state index contributed by atoms with van der Waals surface area (Å²) in [5.74, 6) is 0.183. The molecule has 1 N–H and O–H groups in total. The Kier molecular flexibility index (Phi) is 4.78. The van der Waals surface area contributed by atoms with Crippen molar-refractivity contribution < 1.29 is 4.79 Å². The van der Waals surface area contributed by atoms with Crippen molar-refractivity contribution in [2.45, 2.75) is 26.4 Å². The van der Waals surface area contributed by atoms with Gasteiger partial charge in [-0.1, -0.05) is 23.8 Å². The second-order valence-electron chi connectivity index (χ2n) is 5.85. The van der Waals surface area contributed by atoms with Gasteiger partial charge in [0.1, 0.15) is 6.04 Å². The Morgan fingerprint density at radius 1 is 1.40 bits per heavy atom. The Morgan fingerprint density at radius 2 is 2.15 bits per heavy atom. The quantitative estimate of drug-likeness (QED) is 0.899. The summed E-state index contributed by atoms with van der Waals surface area (Å²) in [6, 6.07) is 6.47. The molecule has 20 heavy (non-hydrogen) atoms. The van der Waals surface area contributed by atoms with Gasteiger partial charge in [-0.3, -0.25) is 9.69 Å². The second-order valence-corrected chi connectivity index (χ2v) is 5.85. The minimum absolute atomic E-state index is 0.0568. The first kappa shape index (κ1) is 15.0. The van der Waals surface area contributed by atoms with Crippen LogP contribution in [0.25, 0.3) is 0 Å². The third-order valence-corrected chi connectivity index (χ3v) is 3.96. The summed E-state index contributed by atoms with van der Waals surface area (Å²) in [7, 11) is 3.65. The van der Waals surface area contributed by atoms with Crippen molar-refractivity contribution in [1.29, 1.82) is 0 Å². The van der Waals surface area contributed by atoms with Crippen LogP contribution in [0.4, 0.5) is 0 Å². The van der Waals surface area contributed by atoms with Gasteiger partial charge in [0.05, 0.1) is 0 Å². The van der Waals surface area contributed by atoms with Gasteiger partial charge in [-0.05, 0) is 25.0 Å². The first-order chi connectivity index (χ1) is 9.49. The normalized spacial score (nSPS) is 19.9. The first-order valence-corrected chi connectivity index (χ1v) is 7.21. The number of carbonyl (C=O) groups excluding carboxylic acids is 1. The highest BCUT2D eigenvalue weighted by atomic mass is 16.2. The number of aryl methyl sites for hydroxylation is 2. The van der Waals surface area contributed by atoms with Crippen molar-refractivity contribution >= 4 is 5.91 Å². The van der Waals surface area contributed by atoms with Crippen molar-refractivity contribution in [3.63, 3.8) is 0 Å². The SMILES string of the molecule is Cc1ccc(C)c(CN2CCNCC2C(=O)N(C)C)c1. The zero-order valence-corrected chi connectivity index (χ0v) is 12.9. The van der Waals surface area contributed by atoms with Crippen LogP contribution in [0, 0.1) is 13.8 Å². The molecule has 4 nitrogen and oxygen atoms in total. The van der Waals surface area contributed by atoms with Gasteiger partial charge in [-0.2, -0.15) is 0 Å². The van der Waals surface area contributed by atoms with E-state index in [-0.39, 0.29) is 11.9 Å². The maximum atomic E-state index is 12.3. The number of carbonyl (C=O) groups is 1. The largest absolute Gasteiger partial charge is 0.347 e. The molecule has 1 atom stereocenters. The Hall–Kier alpha value is -1.39. The topological polar surface area (TPSA) is 35.6 Å². The summed E-state index contributed by atoms with van der Waals surface area (Å²) in [6.45, 7) is 7.70. The van der Waals surface area contributed by atoms with Crippen LogP contribution in [0.2, 0.25) is 0 Å². The van der Waals surface area contributed by atoms with Crippen molar-refractivity contribution in [2.75, 3.05) is 33.7 Å². The summed E-state index contributed by atoms with van der Waals surface area (Å²) >= 11 is 0. The zero-order chi connectivity index (χ0) is 14.7. The lowest BCUT2D eigenvalue weighted by atomic mass is 10.0. The number of hydrogen-bond acceptors (Lipinski definition) is 3. The van der Waals surface area contributed by atoms with E-state index in [1.807, 2.05) is 14.1 Å². The van der Waals surface area contributed by atoms with Crippen molar-refractivity contribution in [2.24, 2.45) is 0 Å². The molecule has 1 saturated heterocycles. The highest BCUT2D eigenvalue weighted by molar-refractivity contribution is 5.81. The van der Waals surface area contributed by atoms with Gasteiger partial charge in [-0.25, -0.2) is 0 Å². The number of rotatable bonds is 3. The van der Waals surface area contributed by atoms with Gasteiger partial charge >= 0.3 is 0 Å². The molecule has 1 heterocycles. The predicted molar refractivity (Wildman–Crippen MR) is 81.7 cm³/mol. The Morgan fingerprint density at radius 3 is 2.85 bits per heavy atom. The average Bonchev–Trinajstić information content (AvgIpc) is 2.42. The van der Waals surface area contributed by atoms with Crippen LogP contribution in [0.5, 0.6) is 0 Å². The first-order valence-electron chi connectivity index (χ1n) is 7.21. The van der Waals surface area contributed by atoms with Crippen molar-refractivity contribution in [3.8, 4) is 0 Å². The third-order valence-electron chi connectivity index (χ3n) is 3.96. The molecule has 1 amide bonds. The predicted octanol–water partition coefficient (Wildman–Crippen LogP) is 1.17. The summed E-state index contributed by atoms with van der Waals surface area (Å²) in [5, 5.41) is 3.32. The number of piperazine rings is 1. The molecule has 110 valence electrons. The highest BCUT2D eigenvalue weighted by Gasteiger charge is 2.29. The van der Waals surface area contributed by atoms with Crippen LogP contribution in [0.15, 0.2) is 18.2 Å². The molecule has 0 saturated carbocycles. The summed E-state index contributed by atoms with van der Waals surface area (Å²) < 4.78 is 0. The third kappa shape index (κ3) is 3.38. The van der Waals surface area contributed by atoms with Crippen LogP contribution in [-0.4, -0.2) is 55.5 Å². The van der Waals surface area contributed by atoms with Crippen molar-refractivity contribution in [3.05, 3.63) is 34.9 Å². The zero-order valence-electron chi connectivity index (χ0n) is 12.9. The molecule has 1 unspecified atom stereocenters. The van der Waals surface area contributed by atoms with Gasteiger partial charge < -0.3 is 10.2 Å². The Bertz CT molecular complexity index is 485. The van der Waals surface area contributed by atoms with Gasteiger partial charge in [0.25, 0.3) is 0 Å². The summed E-state index contributed by atoms with van der Waals surface area (Å²) in [5.41, 5.74) is 3.89. The fraction of sp³-hybridized carbons (Fsp3) is 0.562. The number of benzene rings is 1. The Labute approximate surface area is 121 Å². The molecule has 1 aromatic carbocycles. The number of nitrogens with zero attached hydrogens (tertiary/aromatic N) is 2. The highest BCUT2D eigenvalue weighted by Crippen LogP contribution is 2.16. The molecule has 1 aromatic rings. The molecule has 4 heteroatoms. The van der Waals surface area contributed by atoms with Gasteiger partial charge in [0, 0.05) is 40.3 Å². The van der Waals surface area contributed by atoms with Gasteiger partial charge in [0.15, 0.2) is 0 Å². The van der Waals surface area contributed by atoms with E-state index in [1.54, 1.807) is 4.90 Å². The standard InChI is InChI=1S/C16H25N3O/c1-12-5-6-13(2)14(9-12)11-19-8-7-17-10-15(19)16(20)18(3)4/h5-6,9,15,17H,7-8,10-11H2,1-4H3. The molecule has 1 aliphatic rings. The average molecular weight is 275 g/mol. The molecule has 0 spiro atoms. The number of hydrogen-bond donors (Lipinski definition) is 1. The van der Waals surface area contributed by atoms with Crippen LogP contribution in [-0.2, 0) is 11.3 Å².